The summed E-state index contributed by atoms with van der Waals surface area (Å²) in [6.45, 7) is 11.3. The fourth-order valence-electron chi connectivity index (χ4n) is 1.06. The number of ether oxygens (including phenoxy) is 1. The average Bonchev–Trinajstić information content (AvgIpc) is 2.38. The molecule has 0 bridgehead atoms. The number of aldehydes is 1. The molecule has 4 heteroatoms. The van der Waals surface area contributed by atoms with Crippen LogP contribution in [0.4, 0.5) is 0 Å². The zero-order valence-electron chi connectivity index (χ0n) is 11.0. The van der Waals surface area contributed by atoms with Gasteiger partial charge in [0, 0.05) is 6.42 Å². The van der Waals surface area contributed by atoms with Crippen LogP contribution >= 0.6 is 0 Å². The maximum absolute atomic E-state index is 10.3. The number of nitrogens with one attached hydrogen (secondary N) is 1. The van der Waals surface area contributed by atoms with Gasteiger partial charge in [0.25, 0.3) is 0 Å². The van der Waals surface area contributed by atoms with Gasteiger partial charge < -0.3 is 4.74 Å². The molecule has 0 spiro atoms. The summed E-state index contributed by atoms with van der Waals surface area (Å²) < 4.78 is 5.52. The zero-order valence-corrected chi connectivity index (χ0v) is 11.0. The van der Waals surface area contributed by atoms with E-state index in [0.29, 0.717) is 25.2 Å². The van der Waals surface area contributed by atoms with E-state index in [1.807, 2.05) is 32.1 Å². The van der Waals surface area contributed by atoms with Crippen molar-refractivity contribution in [2.75, 3.05) is 6.61 Å². The van der Waals surface area contributed by atoms with Crippen molar-refractivity contribution in [3.05, 3.63) is 48.7 Å². The van der Waals surface area contributed by atoms with Gasteiger partial charge in [0.05, 0.1) is 5.70 Å². The Morgan fingerprint density at radius 2 is 2.22 bits per heavy atom. The van der Waals surface area contributed by atoms with E-state index in [2.05, 4.69) is 23.7 Å². The number of allylic oxidation sites excluding steroid dienone is 4. The summed E-state index contributed by atoms with van der Waals surface area (Å²) in [7, 11) is 0. The molecule has 0 fully saturated rings. The number of hydrogen-bond acceptors (Lipinski definition) is 4. The summed E-state index contributed by atoms with van der Waals surface area (Å²) in [5.74, 6) is 0.512. The van der Waals surface area contributed by atoms with E-state index in [-0.39, 0.29) is 5.70 Å². The van der Waals surface area contributed by atoms with Gasteiger partial charge in [-0.05, 0) is 12.5 Å². The van der Waals surface area contributed by atoms with Gasteiger partial charge in [-0.25, -0.2) is 0 Å². The highest BCUT2D eigenvalue weighted by atomic mass is 16.5. The molecule has 0 aromatic rings. The molecule has 0 aromatic heterocycles. The highest BCUT2D eigenvalue weighted by molar-refractivity contribution is 5.77. The van der Waals surface area contributed by atoms with Crippen LogP contribution in [0.1, 0.15) is 20.3 Å². The molecule has 0 atom stereocenters. The fraction of sp³-hybridized carbons (Fsp3) is 0.286. The van der Waals surface area contributed by atoms with Crippen molar-refractivity contribution in [2.24, 2.45) is 5.10 Å². The van der Waals surface area contributed by atoms with E-state index in [1.165, 1.54) is 0 Å². The highest BCUT2D eigenvalue weighted by Gasteiger charge is 1.99. The largest absolute Gasteiger partial charge is 0.475 e. The summed E-state index contributed by atoms with van der Waals surface area (Å²) in [5.41, 5.74) is 3.70. The Balaban J connectivity index is 4.45. The SMILES string of the molecule is C=C/C=C(\C=C/C)CO/C(CC)=N/NC(=C)C=O. The first-order valence-electron chi connectivity index (χ1n) is 5.71. The van der Waals surface area contributed by atoms with Gasteiger partial charge in [0.1, 0.15) is 6.61 Å². The quantitative estimate of drug-likeness (QED) is 0.179. The van der Waals surface area contributed by atoms with Crippen LogP contribution in [0.15, 0.2) is 53.8 Å². The number of hydrogen-bond donors (Lipinski definition) is 1. The van der Waals surface area contributed by atoms with Crippen LogP contribution in [-0.2, 0) is 9.53 Å². The minimum atomic E-state index is 0.194. The van der Waals surface area contributed by atoms with Gasteiger partial charge in [-0.15, -0.1) is 5.10 Å². The van der Waals surface area contributed by atoms with E-state index < -0.39 is 0 Å². The predicted molar refractivity (Wildman–Crippen MR) is 75.1 cm³/mol. The molecule has 0 aliphatic rings. The van der Waals surface area contributed by atoms with Crippen molar-refractivity contribution < 1.29 is 9.53 Å². The molecule has 0 aromatic carbocycles. The molecule has 0 aliphatic heterocycles. The smallest absolute Gasteiger partial charge is 0.206 e. The van der Waals surface area contributed by atoms with Crippen LogP contribution in [0.2, 0.25) is 0 Å². The lowest BCUT2D eigenvalue weighted by molar-refractivity contribution is -0.105. The Bertz CT molecular complexity index is 379. The lowest BCUT2D eigenvalue weighted by atomic mass is 10.2. The summed E-state index contributed by atoms with van der Waals surface area (Å²) in [6, 6.07) is 0. The van der Waals surface area contributed by atoms with Crippen LogP contribution < -0.4 is 5.43 Å². The molecule has 0 radical (unpaired) electrons. The van der Waals surface area contributed by atoms with Crippen LogP contribution in [-0.4, -0.2) is 18.8 Å². The minimum Gasteiger partial charge on any atom is -0.475 e. The molecular formula is C14H20N2O2. The van der Waals surface area contributed by atoms with Gasteiger partial charge in [-0.2, -0.15) is 0 Å². The summed E-state index contributed by atoms with van der Waals surface area (Å²) in [6.07, 6.45) is 8.65. The maximum atomic E-state index is 10.3. The van der Waals surface area contributed by atoms with Crippen molar-refractivity contribution in [1.29, 1.82) is 0 Å². The van der Waals surface area contributed by atoms with E-state index in [9.17, 15) is 4.79 Å². The van der Waals surface area contributed by atoms with Crippen LogP contribution in [0.3, 0.4) is 0 Å². The van der Waals surface area contributed by atoms with Crippen molar-refractivity contribution in [2.45, 2.75) is 20.3 Å². The van der Waals surface area contributed by atoms with Gasteiger partial charge in [0.15, 0.2) is 6.29 Å². The van der Waals surface area contributed by atoms with E-state index in [0.717, 1.165) is 5.57 Å². The zero-order chi connectivity index (χ0) is 13.8. The van der Waals surface area contributed by atoms with E-state index in [1.54, 1.807) is 6.08 Å². The molecule has 0 heterocycles. The number of carbonyl (C=O) groups is 1. The lowest BCUT2D eigenvalue weighted by Gasteiger charge is -2.08. The second kappa shape index (κ2) is 10.1. The first kappa shape index (κ1) is 15.9. The van der Waals surface area contributed by atoms with E-state index in [4.69, 9.17) is 4.74 Å². The molecule has 0 saturated heterocycles. The van der Waals surface area contributed by atoms with E-state index >= 15 is 0 Å². The first-order chi connectivity index (χ1) is 8.67. The molecule has 18 heavy (non-hydrogen) atoms. The van der Waals surface area contributed by atoms with Gasteiger partial charge >= 0.3 is 0 Å². The Hall–Kier alpha value is -2.10. The van der Waals surface area contributed by atoms with Gasteiger partial charge in [-0.1, -0.05) is 44.4 Å². The third-order valence-electron chi connectivity index (χ3n) is 1.89. The van der Waals surface area contributed by atoms with Crippen molar-refractivity contribution in [3.63, 3.8) is 0 Å². The van der Waals surface area contributed by atoms with Crippen molar-refractivity contribution >= 4 is 12.2 Å². The van der Waals surface area contributed by atoms with Crippen molar-refractivity contribution in [1.82, 2.24) is 5.43 Å². The van der Waals surface area contributed by atoms with Crippen LogP contribution in [0, 0.1) is 0 Å². The van der Waals surface area contributed by atoms with Gasteiger partial charge in [0.2, 0.25) is 5.90 Å². The Morgan fingerprint density at radius 3 is 2.72 bits per heavy atom. The highest BCUT2D eigenvalue weighted by Crippen LogP contribution is 2.01. The molecule has 98 valence electrons. The number of rotatable bonds is 8. The summed E-state index contributed by atoms with van der Waals surface area (Å²) in [4.78, 5) is 10.3. The summed E-state index contributed by atoms with van der Waals surface area (Å²) >= 11 is 0. The number of nitrogens with zero attached hydrogens (tertiary/aromatic N) is 1. The Morgan fingerprint density at radius 1 is 1.50 bits per heavy atom. The van der Waals surface area contributed by atoms with Crippen LogP contribution in [0.5, 0.6) is 0 Å². The standard InChI is InChI=1S/C14H20N2O2/c1-5-8-13(9-6-2)11-18-14(7-3)16-15-12(4)10-17/h5-6,8-10,15H,1,4,7,11H2,2-3H3/b9-6-,13-8+,16-14+. The van der Waals surface area contributed by atoms with Crippen LogP contribution in [0.25, 0.3) is 0 Å². The normalized spacial score (nSPS) is 12.3. The molecule has 4 nitrogen and oxygen atoms in total. The molecule has 0 unspecified atom stereocenters. The minimum absolute atomic E-state index is 0.194. The molecule has 1 N–H and O–H groups in total. The topological polar surface area (TPSA) is 50.7 Å². The summed E-state index contributed by atoms with van der Waals surface area (Å²) in [5, 5.41) is 3.94. The predicted octanol–water partition coefficient (Wildman–Crippen LogP) is 2.72. The molecule has 0 amide bonds. The Kier molecular flexibility index (Phi) is 8.90. The fourth-order valence-corrected chi connectivity index (χ4v) is 1.06. The third kappa shape index (κ3) is 7.22. The monoisotopic (exact) mass is 248 g/mol. The lowest BCUT2D eigenvalue weighted by Crippen LogP contribution is -2.13. The third-order valence-corrected chi connectivity index (χ3v) is 1.89. The molecular weight excluding hydrogens is 228 g/mol. The maximum Gasteiger partial charge on any atom is 0.206 e. The molecule has 0 saturated carbocycles. The Labute approximate surface area is 108 Å². The number of carbonyl (C=O) groups excluding carboxylic acids is 1. The second-order valence-corrected chi connectivity index (χ2v) is 3.38. The van der Waals surface area contributed by atoms with Crippen molar-refractivity contribution in [3.8, 4) is 0 Å². The molecule has 0 aliphatic carbocycles. The van der Waals surface area contributed by atoms with Gasteiger partial charge in [-0.3, -0.25) is 10.2 Å². The average molecular weight is 248 g/mol. The first-order valence-corrected chi connectivity index (χ1v) is 5.71. The molecule has 0 rings (SSSR count). The number of hydrazone groups is 1. The second-order valence-electron chi connectivity index (χ2n) is 3.38.